The van der Waals surface area contributed by atoms with Gasteiger partial charge in [-0.05, 0) is 25.7 Å². The summed E-state index contributed by atoms with van der Waals surface area (Å²) in [6, 6.07) is 0. The molecule has 6 nitrogen and oxygen atoms in total. The van der Waals surface area contributed by atoms with E-state index in [9.17, 15) is 9.59 Å². The summed E-state index contributed by atoms with van der Waals surface area (Å²) in [6.45, 7) is 7.14. The number of rotatable bonds is 6. The third-order valence-electron chi connectivity index (χ3n) is 2.79. The molecule has 0 amide bonds. The van der Waals surface area contributed by atoms with E-state index >= 15 is 0 Å². The highest BCUT2D eigenvalue weighted by atomic mass is 16.7. The lowest BCUT2D eigenvalue weighted by Gasteiger charge is -2.27. The molecule has 0 unspecified atom stereocenters. The highest BCUT2D eigenvalue weighted by molar-refractivity contribution is 5.60. The Hall–Kier alpha value is -1.98. The minimum Gasteiger partial charge on any atom is -0.431 e. The summed E-state index contributed by atoms with van der Waals surface area (Å²) in [6.07, 6.45) is 3.67. The Morgan fingerprint density at radius 3 is 1.50 bits per heavy atom. The van der Waals surface area contributed by atoms with Crippen LogP contribution in [0.25, 0.3) is 0 Å². The van der Waals surface area contributed by atoms with Gasteiger partial charge in [-0.25, -0.2) is 9.59 Å². The number of hydrogen-bond acceptors (Lipinski definition) is 6. The molecule has 0 aromatic carbocycles. The molecular formula is C14H20O6. The standard InChI is InChI=1S/C14H20O6/c1-3-9-17-13(15)19-11-5-7-12(8-6-11)20-14(16)18-10-4-2/h3-4,11-12H,1-2,5-10H2. The van der Waals surface area contributed by atoms with Crippen molar-refractivity contribution in [2.75, 3.05) is 13.2 Å². The molecule has 0 atom stereocenters. The van der Waals surface area contributed by atoms with Crippen LogP contribution in [-0.4, -0.2) is 37.7 Å². The summed E-state index contributed by atoms with van der Waals surface area (Å²) in [5, 5.41) is 0. The van der Waals surface area contributed by atoms with Crippen molar-refractivity contribution in [1.82, 2.24) is 0 Å². The molecule has 1 aliphatic rings. The highest BCUT2D eigenvalue weighted by Crippen LogP contribution is 2.24. The van der Waals surface area contributed by atoms with Crippen molar-refractivity contribution in [2.24, 2.45) is 0 Å². The Bertz CT molecular complexity index is 310. The molecule has 6 heteroatoms. The smallest absolute Gasteiger partial charge is 0.431 e. The van der Waals surface area contributed by atoms with Crippen LogP contribution < -0.4 is 0 Å². The van der Waals surface area contributed by atoms with Crippen LogP contribution in [0.5, 0.6) is 0 Å². The van der Waals surface area contributed by atoms with Crippen LogP contribution in [0.1, 0.15) is 25.7 Å². The van der Waals surface area contributed by atoms with Gasteiger partial charge in [0.15, 0.2) is 0 Å². The van der Waals surface area contributed by atoms with Gasteiger partial charge in [0.25, 0.3) is 0 Å². The van der Waals surface area contributed by atoms with Gasteiger partial charge in [0.1, 0.15) is 25.4 Å². The minimum absolute atomic E-state index is 0.131. The van der Waals surface area contributed by atoms with Crippen LogP contribution >= 0.6 is 0 Å². The summed E-state index contributed by atoms with van der Waals surface area (Å²) < 4.78 is 19.7. The van der Waals surface area contributed by atoms with Crippen LogP contribution in [0.15, 0.2) is 25.3 Å². The van der Waals surface area contributed by atoms with Crippen LogP contribution in [0.2, 0.25) is 0 Å². The third kappa shape index (κ3) is 6.26. The molecule has 0 bridgehead atoms. The maximum absolute atomic E-state index is 11.2. The molecule has 0 radical (unpaired) electrons. The molecular weight excluding hydrogens is 264 g/mol. The van der Waals surface area contributed by atoms with E-state index in [2.05, 4.69) is 13.2 Å². The Balaban J connectivity index is 2.19. The van der Waals surface area contributed by atoms with E-state index in [1.807, 2.05) is 0 Å². The lowest BCUT2D eigenvalue weighted by molar-refractivity contribution is -0.0228. The molecule has 0 saturated heterocycles. The van der Waals surface area contributed by atoms with E-state index in [-0.39, 0.29) is 25.4 Å². The summed E-state index contributed by atoms with van der Waals surface area (Å²) in [4.78, 5) is 22.5. The molecule has 0 aliphatic heterocycles. The zero-order valence-corrected chi connectivity index (χ0v) is 11.4. The Morgan fingerprint density at radius 1 is 0.850 bits per heavy atom. The van der Waals surface area contributed by atoms with Crippen molar-refractivity contribution in [3.63, 3.8) is 0 Å². The van der Waals surface area contributed by atoms with Crippen molar-refractivity contribution < 1.29 is 28.5 Å². The molecule has 0 N–H and O–H groups in total. The van der Waals surface area contributed by atoms with Gasteiger partial charge in [0, 0.05) is 0 Å². The number of carbonyl (C=O) groups is 2. The van der Waals surface area contributed by atoms with Gasteiger partial charge >= 0.3 is 12.3 Å². The second-order valence-corrected chi connectivity index (χ2v) is 4.33. The predicted molar refractivity (Wildman–Crippen MR) is 71.3 cm³/mol. The fourth-order valence-corrected chi connectivity index (χ4v) is 1.86. The summed E-state index contributed by atoms with van der Waals surface area (Å²) in [5.74, 6) is 0. The number of ether oxygens (including phenoxy) is 4. The molecule has 1 aliphatic carbocycles. The SMILES string of the molecule is C=CCOC(=O)OC1CCC(OC(=O)OCC=C)CC1. The molecule has 0 aromatic heterocycles. The van der Waals surface area contributed by atoms with E-state index in [1.165, 1.54) is 12.2 Å². The lowest BCUT2D eigenvalue weighted by atomic mass is 9.95. The Morgan fingerprint density at radius 2 is 1.20 bits per heavy atom. The molecule has 0 aromatic rings. The molecule has 0 heterocycles. The zero-order chi connectivity index (χ0) is 14.8. The van der Waals surface area contributed by atoms with Gasteiger partial charge in [-0.15, -0.1) is 0 Å². The molecule has 1 saturated carbocycles. The first-order valence-electron chi connectivity index (χ1n) is 6.54. The fraction of sp³-hybridized carbons (Fsp3) is 0.571. The average Bonchev–Trinajstić information content (AvgIpc) is 2.45. The first kappa shape index (κ1) is 16.1. The van der Waals surface area contributed by atoms with E-state index in [0.29, 0.717) is 25.7 Å². The van der Waals surface area contributed by atoms with Gasteiger partial charge in [-0.2, -0.15) is 0 Å². The largest absolute Gasteiger partial charge is 0.508 e. The number of carbonyl (C=O) groups excluding carboxylic acids is 2. The molecule has 20 heavy (non-hydrogen) atoms. The van der Waals surface area contributed by atoms with E-state index in [4.69, 9.17) is 18.9 Å². The maximum Gasteiger partial charge on any atom is 0.508 e. The van der Waals surface area contributed by atoms with Gasteiger partial charge in [-0.1, -0.05) is 25.3 Å². The van der Waals surface area contributed by atoms with E-state index in [1.54, 1.807) is 0 Å². The normalized spacial score (nSPS) is 21.4. The lowest BCUT2D eigenvalue weighted by Crippen LogP contribution is -2.30. The Labute approximate surface area is 118 Å². The molecule has 1 rings (SSSR count). The van der Waals surface area contributed by atoms with Crippen molar-refractivity contribution in [2.45, 2.75) is 37.9 Å². The monoisotopic (exact) mass is 284 g/mol. The van der Waals surface area contributed by atoms with Crippen molar-refractivity contribution in [3.05, 3.63) is 25.3 Å². The third-order valence-corrected chi connectivity index (χ3v) is 2.79. The van der Waals surface area contributed by atoms with Gasteiger partial charge in [-0.3, -0.25) is 0 Å². The molecule has 112 valence electrons. The second kappa shape index (κ2) is 9.01. The van der Waals surface area contributed by atoms with Gasteiger partial charge < -0.3 is 18.9 Å². The summed E-state index contributed by atoms with van der Waals surface area (Å²) in [5.41, 5.74) is 0. The minimum atomic E-state index is -0.695. The van der Waals surface area contributed by atoms with E-state index in [0.717, 1.165) is 0 Å². The van der Waals surface area contributed by atoms with Crippen LogP contribution in [0.3, 0.4) is 0 Å². The Kier molecular flexibility index (Phi) is 7.24. The summed E-state index contributed by atoms with van der Waals surface area (Å²) in [7, 11) is 0. The van der Waals surface area contributed by atoms with E-state index < -0.39 is 12.3 Å². The molecule has 1 fully saturated rings. The highest BCUT2D eigenvalue weighted by Gasteiger charge is 2.27. The van der Waals surface area contributed by atoms with Crippen LogP contribution in [-0.2, 0) is 18.9 Å². The van der Waals surface area contributed by atoms with Crippen molar-refractivity contribution >= 4 is 12.3 Å². The average molecular weight is 284 g/mol. The first-order chi connectivity index (χ1) is 9.65. The van der Waals surface area contributed by atoms with Gasteiger partial charge in [0.2, 0.25) is 0 Å². The van der Waals surface area contributed by atoms with Crippen molar-refractivity contribution in [3.8, 4) is 0 Å². The van der Waals surface area contributed by atoms with Gasteiger partial charge in [0.05, 0.1) is 0 Å². The fourth-order valence-electron chi connectivity index (χ4n) is 1.86. The first-order valence-corrected chi connectivity index (χ1v) is 6.54. The van der Waals surface area contributed by atoms with Crippen molar-refractivity contribution in [1.29, 1.82) is 0 Å². The zero-order valence-electron chi connectivity index (χ0n) is 11.4. The van der Waals surface area contributed by atoms with Crippen LogP contribution in [0, 0.1) is 0 Å². The van der Waals surface area contributed by atoms with Crippen LogP contribution in [0.4, 0.5) is 9.59 Å². The predicted octanol–water partition coefficient (Wildman–Crippen LogP) is 2.98. The maximum atomic E-state index is 11.2. The topological polar surface area (TPSA) is 71.1 Å². The molecule has 0 spiro atoms. The number of hydrogen-bond donors (Lipinski definition) is 0. The quantitative estimate of drug-likeness (QED) is 0.551. The second-order valence-electron chi connectivity index (χ2n) is 4.33. The summed E-state index contributed by atoms with van der Waals surface area (Å²) >= 11 is 0.